The minimum atomic E-state index is -0.451. The Morgan fingerprint density at radius 3 is 2.53 bits per heavy atom. The average molecular weight is 272 g/mol. The molecule has 2 rings (SSSR count). The number of hydrogen-bond acceptors (Lipinski definition) is 4. The number of nitrogens with two attached hydrogens (primary N) is 1. The second-order valence-electron chi connectivity index (χ2n) is 3.83. The van der Waals surface area contributed by atoms with Gasteiger partial charge in [0.05, 0.1) is 0 Å². The normalized spacial score (nSPS) is 10.5. The second kappa shape index (κ2) is 5.97. The van der Waals surface area contributed by atoms with Crippen LogP contribution in [0.4, 0.5) is 5.69 Å². The van der Waals surface area contributed by atoms with Crippen LogP contribution in [0.25, 0.3) is 6.08 Å². The highest BCUT2D eigenvalue weighted by Crippen LogP contribution is 2.08. The quantitative estimate of drug-likeness (QED) is 0.665. The fraction of sp³-hybridized carbons (Fsp3) is 0. The first-order valence-corrected chi connectivity index (χ1v) is 6.50. The summed E-state index contributed by atoms with van der Waals surface area (Å²) in [6.45, 7) is 0. The molecule has 0 radical (unpaired) electrons. The molecular formula is C14H12N2O2S. The van der Waals surface area contributed by atoms with Gasteiger partial charge in [0.25, 0.3) is 11.8 Å². The first-order chi connectivity index (χ1) is 9.15. The maximum Gasteiger partial charge on any atom is 0.258 e. The Kier molecular flexibility index (Phi) is 4.10. The smallest absolute Gasteiger partial charge is 0.258 e. The Labute approximate surface area is 114 Å². The van der Waals surface area contributed by atoms with Gasteiger partial charge in [-0.3, -0.25) is 14.9 Å². The summed E-state index contributed by atoms with van der Waals surface area (Å²) < 4.78 is 0. The molecule has 4 nitrogen and oxygen atoms in total. The molecule has 2 amide bonds. The number of nitrogen functional groups attached to an aromatic ring is 1. The van der Waals surface area contributed by atoms with Gasteiger partial charge in [-0.25, -0.2) is 0 Å². The van der Waals surface area contributed by atoms with Gasteiger partial charge in [-0.1, -0.05) is 0 Å². The van der Waals surface area contributed by atoms with Crippen LogP contribution in [0.3, 0.4) is 0 Å². The summed E-state index contributed by atoms with van der Waals surface area (Å²) in [4.78, 5) is 23.3. The Morgan fingerprint density at radius 1 is 1.16 bits per heavy atom. The largest absolute Gasteiger partial charge is 0.399 e. The molecule has 1 aromatic carbocycles. The molecule has 0 spiro atoms. The highest BCUT2D eigenvalue weighted by Gasteiger charge is 2.07. The zero-order valence-corrected chi connectivity index (χ0v) is 10.8. The molecule has 96 valence electrons. The van der Waals surface area contributed by atoms with Crippen LogP contribution in [-0.2, 0) is 4.79 Å². The SMILES string of the molecule is Nc1ccc(C(=O)NC(=O)/C=C/c2ccsc2)cc1. The van der Waals surface area contributed by atoms with E-state index in [1.165, 1.54) is 6.08 Å². The lowest BCUT2D eigenvalue weighted by atomic mass is 10.2. The van der Waals surface area contributed by atoms with Crippen molar-refractivity contribution in [2.45, 2.75) is 0 Å². The highest BCUT2D eigenvalue weighted by molar-refractivity contribution is 7.08. The summed E-state index contributed by atoms with van der Waals surface area (Å²) in [7, 11) is 0. The molecule has 5 heteroatoms. The zero-order valence-electron chi connectivity index (χ0n) is 10.00. The van der Waals surface area contributed by atoms with Crippen LogP contribution in [0.1, 0.15) is 15.9 Å². The number of carbonyl (C=O) groups is 2. The molecule has 3 N–H and O–H groups in total. The van der Waals surface area contributed by atoms with E-state index in [2.05, 4.69) is 5.32 Å². The number of carbonyl (C=O) groups excluding carboxylic acids is 2. The van der Waals surface area contributed by atoms with E-state index in [0.29, 0.717) is 11.3 Å². The standard InChI is InChI=1S/C14H12N2O2S/c15-12-4-2-11(3-5-12)14(18)16-13(17)6-1-10-7-8-19-9-10/h1-9H,15H2,(H,16,17,18)/b6-1+. The number of benzene rings is 1. The molecule has 0 saturated carbocycles. The summed E-state index contributed by atoms with van der Waals surface area (Å²) in [6.07, 6.45) is 2.99. The van der Waals surface area contributed by atoms with Gasteiger partial charge in [0.1, 0.15) is 0 Å². The van der Waals surface area contributed by atoms with E-state index < -0.39 is 11.8 Å². The van der Waals surface area contributed by atoms with Crippen molar-refractivity contribution in [3.05, 3.63) is 58.3 Å². The van der Waals surface area contributed by atoms with Crippen molar-refractivity contribution in [1.82, 2.24) is 5.32 Å². The highest BCUT2D eigenvalue weighted by atomic mass is 32.1. The number of nitrogens with one attached hydrogen (secondary N) is 1. The molecule has 0 fully saturated rings. The number of amides is 2. The van der Waals surface area contributed by atoms with Crippen LogP contribution in [0.5, 0.6) is 0 Å². The first-order valence-electron chi connectivity index (χ1n) is 5.56. The van der Waals surface area contributed by atoms with Crippen LogP contribution < -0.4 is 11.1 Å². The molecule has 0 atom stereocenters. The summed E-state index contributed by atoms with van der Waals surface area (Å²) in [5, 5.41) is 6.10. The fourth-order valence-corrected chi connectivity index (χ4v) is 2.03. The van der Waals surface area contributed by atoms with E-state index in [-0.39, 0.29) is 0 Å². The van der Waals surface area contributed by atoms with E-state index in [1.807, 2.05) is 16.8 Å². The van der Waals surface area contributed by atoms with Crippen molar-refractivity contribution in [1.29, 1.82) is 0 Å². The van der Waals surface area contributed by atoms with E-state index in [4.69, 9.17) is 5.73 Å². The number of hydrogen-bond donors (Lipinski definition) is 2. The maximum atomic E-state index is 11.7. The number of imide groups is 1. The molecule has 0 aliphatic carbocycles. The summed E-state index contributed by atoms with van der Waals surface area (Å²) >= 11 is 1.54. The number of thiophene rings is 1. The predicted molar refractivity (Wildman–Crippen MR) is 76.7 cm³/mol. The van der Waals surface area contributed by atoms with Gasteiger partial charge in [-0.2, -0.15) is 11.3 Å². The first kappa shape index (κ1) is 13.0. The summed E-state index contributed by atoms with van der Waals surface area (Å²) in [5.41, 5.74) is 7.42. The van der Waals surface area contributed by atoms with Gasteiger partial charge in [0.2, 0.25) is 0 Å². The van der Waals surface area contributed by atoms with Crippen molar-refractivity contribution in [3.63, 3.8) is 0 Å². The Morgan fingerprint density at radius 2 is 1.89 bits per heavy atom. The number of rotatable bonds is 3. The van der Waals surface area contributed by atoms with Crippen LogP contribution in [-0.4, -0.2) is 11.8 Å². The van der Waals surface area contributed by atoms with Gasteiger partial charge >= 0.3 is 0 Å². The predicted octanol–water partition coefficient (Wildman–Crippen LogP) is 2.30. The van der Waals surface area contributed by atoms with Gasteiger partial charge in [0, 0.05) is 17.3 Å². The molecule has 1 heterocycles. The topological polar surface area (TPSA) is 72.2 Å². The third kappa shape index (κ3) is 3.79. The van der Waals surface area contributed by atoms with Gasteiger partial charge in [-0.15, -0.1) is 0 Å². The van der Waals surface area contributed by atoms with E-state index >= 15 is 0 Å². The molecule has 0 aliphatic rings. The molecular weight excluding hydrogens is 260 g/mol. The van der Waals surface area contributed by atoms with Crippen LogP contribution in [0.2, 0.25) is 0 Å². The minimum absolute atomic E-state index is 0.395. The van der Waals surface area contributed by atoms with Crippen molar-refractivity contribution in [2.75, 3.05) is 5.73 Å². The minimum Gasteiger partial charge on any atom is -0.399 e. The zero-order chi connectivity index (χ0) is 13.7. The van der Waals surface area contributed by atoms with Crippen LogP contribution in [0.15, 0.2) is 47.2 Å². The fourth-order valence-electron chi connectivity index (χ4n) is 1.40. The van der Waals surface area contributed by atoms with E-state index in [1.54, 1.807) is 41.7 Å². The molecule has 1 aromatic heterocycles. The molecule has 0 saturated heterocycles. The van der Waals surface area contributed by atoms with Crippen LogP contribution >= 0.6 is 11.3 Å². The second-order valence-corrected chi connectivity index (χ2v) is 4.61. The average Bonchev–Trinajstić information content (AvgIpc) is 2.90. The van der Waals surface area contributed by atoms with Crippen molar-refractivity contribution in [3.8, 4) is 0 Å². The van der Waals surface area contributed by atoms with Crippen molar-refractivity contribution in [2.24, 2.45) is 0 Å². The monoisotopic (exact) mass is 272 g/mol. The van der Waals surface area contributed by atoms with E-state index in [9.17, 15) is 9.59 Å². The summed E-state index contributed by atoms with van der Waals surface area (Å²) in [5.74, 6) is -0.895. The molecule has 2 aromatic rings. The lowest BCUT2D eigenvalue weighted by molar-refractivity contribution is -0.115. The van der Waals surface area contributed by atoms with Gasteiger partial charge in [0.15, 0.2) is 0 Å². The van der Waals surface area contributed by atoms with Crippen molar-refractivity contribution >= 4 is 34.9 Å². The van der Waals surface area contributed by atoms with Crippen LogP contribution in [0, 0.1) is 0 Å². The third-order valence-electron chi connectivity index (χ3n) is 2.38. The van der Waals surface area contributed by atoms with E-state index in [0.717, 1.165) is 5.56 Å². The number of anilines is 1. The Bertz CT molecular complexity index is 601. The molecule has 19 heavy (non-hydrogen) atoms. The molecule has 0 bridgehead atoms. The molecule has 0 aliphatic heterocycles. The van der Waals surface area contributed by atoms with Gasteiger partial charge < -0.3 is 5.73 Å². The Balaban J connectivity index is 1.95. The molecule has 0 unspecified atom stereocenters. The lowest BCUT2D eigenvalue weighted by Crippen LogP contribution is -2.28. The third-order valence-corrected chi connectivity index (χ3v) is 3.08. The lowest BCUT2D eigenvalue weighted by Gasteiger charge is -2.01. The summed E-state index contributed by atoms with van der Waals surface area (Å²) in [6, 6.07) is 8.25. The Hall–Kier alpha value is -2.40. The van der Waals surface area contributed by atoms with Gasteiger partial charge in [-0.05, 0) is 52.7 Å². The van der Waals surface area contributed by atoms with Crippen molar-refractivity contribution < 1.29 is 9.59 Å². The maximum absolute atomic E-state index is 11.7.